The van der Waals surface area contributed by atoms with Crippen molar-refractivity contribution in [3.63, 3.8) is 0 Å². The van der Waals surface area contributed by atoms with E-state index in [0.29, 0.717) is 24.6 Å². The van der Waals surface area contributed by atoms with Crippen molar-refractivity contribution >= 4 is 15.8 Å². The highest BCUT2D eigenvalue weighted by Crippen LogP contribution is 2.18. The topological polar surface area (TPSA) is 104 Å². The normalized spacial score (nSPS) is 15.7. The largest absolute Gasteiger partial charge is 0.353 e. The number of nitrogens with zero attached hydrogens (tertiary/aromatic N) is 5. The van der Waals surface area contributed by atoms with Gasteiger partial charge in [0.1, 0.15) is 11.6 Å². The number of hydrogen-bond acceptors (Lipinski definition) is 6. The van der Waals surface area contributed by atoms with Crippen LogP contribution in [-0.4, -0.2) is 58.7 Å². The number of halogens is 1. The molecule has 28 heavy (non-hydrogen) atoms. The third-order valence-electron chi connectivity index (χ3n) is 4.51. The first-order valence-electron chi connectivity index (χ1n) is 8.55. The summed E-state index contributed by atoms with van der Waals surface area (Å²) in [6.45, 7) is 1.39. The quantitative estimate of drug-likeness (QED) is 0.683. The average Bonchev–Trinajstić information content (AvgIpc) is 3.25. The summed E-state index contributed by atoms with van der Waals surface area (Å²) in [5, 5.41) is 4.42. The molecule has 0 saturated carbocycles. The Morgan fingerprint density at radius 3 is 2.36 bits per heavy atom. The van der Waals surface area contributed by atoms with Crippen LogP contribution in [0, 0.1) is 5.82 Å². The molecule has 9 nitrogen and oxygen atoms in total. The first-order valence-corrected chi connectivity index (χ1v) is 9.99. The van der Waals surface area contributed by atoms with Gasteiger partial charge in [-0.25, -0.2) is 17.8 Å². The van der Waals surface area contributed by atoms with Gasteiger partial charge in [0.05, 0.1) is 18.2 Å². The maximum Gasteiger partial charge on any atom is 0.271 e. The molecule has 1 saturated heterocycles. The minimum absolute atomic E-state index is 0.0592. The van der Waals surface area contributed by atoms with Crippen molar-refractivity contribution in [3.05, 3.63) is 65.1 Å². The molecule has 3 heterocycles. The molecule has 1 N–H and O–H groups in total. The zero-order valence-corrected chi connectivity index (χ0v) is 15.5. The number of aromatic amines is 1. The summed E-state index contributed by atoms with van der Waals surface area (Å²) in [6, 6.07) is 8.45. The molecule has 1 aliphatic rings. The van der Waals surface area contributed by atoms with Crippen LogP contribution in [0.1, 0.15) is 0 Å². The molecule has 2 aromatic heterocycles. The number of nitrogens with one attached hydrogen (secondary N) is 1. The fraction of sp³-hybridized carbons (Fsp3) is 0.235. The molecule has 3 aromatic rings. The monoisotopic (exact) mass is 404 g/mol. The molecule has 0 aliphatic carbocycles. The van der Waals surface area contributed by atoms with E-state index in [0.717, 1.165) is 0 Å². The van der Waals surface area contributed by atoms with Gasteiger partial charge in [0.15, 0.2) is 5.03 Å². The lowest BCUT2D eigenvalue weighted by molar-refractivity contribution is 0.382. The Bertz CT molecular complexity index is 1120. The van der Waals surface area contributed by atoms with Gasteiger partial charge in [-0.05, 0) is 30.3 Å². The fourth-order valence-electron chi connectivity index (χ4n) is 3.02. The van der Waals surface area contributed by atoms with Crippen molar-refractivity contribution in [2.75, 3.05) is 31.1 Å². The molecule has 146 valence electrons. The number of aromatic nitrogens is 4. The number of anilines is 1. The van der Waals surface area contributed by atoms with Crippen LogP contribution >= 0.6 is 0 Å². The molecule has 11 heteroatoms. The predicted molar refractivity (Wildman–Crippen MR) is 99.4 cm³/mol. The SMILES string of the molecule is O=c1ccc(N2CCN(S(=O)(=O)c3cnc[nH]3)CC2)nn1-c1ccc(F)cc1. The van der Waals surface area contributed by atoms with E-state index >= 15 is 0 Å². The fourth-order valence-corrected chi connectivity index (χ4v) is 4.34. The Morgan fingerprint density at radius 1 is 1.00 bits per heavy atom. The van der Waals surface area contributed by atoms with Gasteiger partial charge in [0.2, 0.25) is 0 Å². The van der Waals surface area contributed by atoms with Crippen molar-refractivity contribution in [2.24, 2.45) is 0 Å². The lowest BCUT2D eigenvalue weighted by Gasteiger charge is -2.34. The first kappa shape index (κ1) is 18.3. The Morgan fingerprint density at radius 2 is 1.71 bits per heavy atom. The standard InChI is InChI=1S/C17H17FN6O3S/c18-13-1-3-14(4-2-13)24-17(25)6-5-15(21-24)22-7-9-23(10-8-22)28(26,27)16-11-19-12-20-16/h1-6,11-12H,7-10H2,(H,19,20). The van der Waals surface area contributed by atoms with Crippen molar-refractivity contribution in [3.8, 4) is 5.69 Å². The third kappa shape index (κ3) is 3.41. The van der Waals surface area contributed by atoms with E-state index < -0.39 is 15.8 Å². The number of rotatable bonds is 4. The van der Waals surface area contributed by atoms with E-state index in [1.54, 1.807) is 6.07 Å². The Labute approximate surface area is 160 Å². The van der Waals surface area contributed by atoms with Gasteiger partial charge < -0.3 is 9.88 Å². The van der Waals surface area contributed by atoms with E-state index in [1.165, 1.54) is 51.8 Å². The molecule has 1 fully saturated rings. The van der Waals surface area contributed by atoms with Gasteiger partial charge in [-0.2, -0.15) is 8.99 Å². The van der Waals surface area contributed by atoms with Crippen LogP contribution in [0.2, 0.25) is 0 Å². The third-order valence-corrected chi connectivity index (χ3v) is 6.34. The van der Waals surface area contributed by atoms with E-state index in [9.17, 15) is 17.6 Å². The van der Waals surface area contributed by atoms with Gasteiger partial charge in [0.25, 0.3) is 15.6 Å². The molecule has 1 aliphatic heterocycles. The van der Waals surface area contributed by atoms with Crippen molar-refractivity contribution < 1.29 is 12.8 Å². The first-order chi connectivity index (χ1) is 13.4. The van der Waals surface area contributed by atoms with Gasteiger partial charge in [-0.15, -0.1) is 5.10 Å². The molecule has 0 spiro atoms. The van der Waals surface area contributed by atoms with Crippen LogP contribution < -0.4 is 10.5 Å². The highest BCUT2D eigenvalue weighted by molar-refractivity contribution is 7.89. The van der Waals surface area contributed by atoms with Gasteiger partial charge >= 0.3 is 0 Å². The molecule has 0 bridgehead atoms. The van der Waals surface area contributed by atoms with Gasteiger partial charge in [-0.3, -0.25) is 4.79 Å². The van der Waals surface area contributed by atoms with Crippen molar-refractivity contribution in [1.82, 2.24) is 24.1 Å². The van der Waals surface area contributed by atoms with E-state index in [4.69, 9.17) is 0 Å². The number of sulfonamides is 1. The lowest BCUT2D eigenvalue weighted by Crippen LogP contribution is -2.49. The Kier molecular flexibility index (Phi) is 4.69. The number of H-pyrrole nitrogens is 1. The molecule has 0 radical (unpaired) electrons. The molecular weight excluding hydrogens is 387 g/mol. The summed E-state index contributed by atoms with van der Waals surface area (Å²) in [5.41, 5.74) is 0.115. The summed E-state index contributed by atoms with van der Waals surface area (Å²) >= 11 is 0. The molecule has 0 amide bonds. The summed E-state index contributed by atoms with van der Waals surface area (Å²) in [4.78, 5) is 20.4. The number of piperazine rings is 1. The van der Waals surface area contributed by atoms with Gasteiger partial charge in [0, 0.05) is 32.2 Å². The van der Waals surface area contributed by atoms with Crippen molar-refractivity contribution in [1.29, 1.82) is 0 Å². The van der Waals surface area contributed by atoms with Gasteiger partial charge in [-0.1, -0.05) is 0 Å². The van der Waals surface area contributed by atoms with Crippen LogP contribution in [0.25, 0.3) is 5.69 Å². The maximum atomic E-state index is 13.1. The Hall–Kier alpha value is -3.05. The van der Waals surface area contributed by atoms with Crippen LogP contribution in [0.3, 0.4) is 0 Å². The number of benzene rings is 1. The maximum absolute atomic E-state index is 13.1. The van der Waals surface area contributed by atoms with Crippen LogP contribution in [0.5, 0.6) is 0 Å². The van der Waals surface area contributed by atoms with E-state index in [1.807, 2.05) is 4.90 Å². The summed E-state index contributed by atoms with van der Waals surface area (Å²) in [7, 11) is -3.61. The average molecular weight is 404 g/mol. The lowest BCUT2D eigenvalue weighted by atomic mass is 10.3. The minimum Gasteiger partial charge on any atom is -0.353 e. The van der Waals surface area contributed by atoms with E-state index in [2.05, 4.69) is 15.1 Å². The van der Waals surface area contributed by atoms with Crippen molar-refractivity contribution in [2.45, 2.75) is 5.03 Å². The second-order valence-corrected chi connectivity index (χ2v) is 8.13. The molecule has 4 rings (SSSR count). The van der Waals surface area contributed by atoms with E-state index in [-0.39, 0.29) is 23.7 Å². The predicted octanol–water partition coefficient (Wildman–Crippen LogP) is 0.606. The molecule has 1 aromatic carbocycles. The van der Waals surface area contributed by atoms with Crippen LogP contribution in [0.4, 0.5) is 10.2 Å². The number of imidazole rings is 1. The van der Waals surface area contributed by atoms with Crippen LogP contribution in [-0.2, 0) is 10.0 Å². The summed E-state index contributed by atoms with van der Waals surface area (Å²) in [5.74, 6) is 0.144. The summed E-state index contributed by atoms with van der Waals surface area (Å²) < 4.78 is 40.8. The smallest absolute Gasteiger partial charge is 0.271 e. The summed E-state index contributed by atoms with van der Waals surface area (Å²) in [6.07, 6.45) is 2.60. The number of hydrogen-bond donors (Lipinski definition) is 1. The molecular formula is C17H17FN6O3S. The second-order valence-electron chi connectivity index (χ2n) is 6.22. The zero-order chi connectivity index (χ0) is 19.7. The highest BCUT2D eigenvalue weighted by Gasteiger charge is 2.30. The highest BCUT2D eigenvalue weighted by atomic mass is 32.2. The Balaban J connectivity index is 1.53. The van der Waals surface area contributed by atoms with Crippen LogP contribution in [0.15, 0.2) is 58.7 Å². The molecule has 0 atom stereocenters. The minimum atomic E-state index is -3.61. The zero-order valence-electron chi connectivity index (χ0n) is 14.7. The second kappa shape index (κ2) is 7.17. The molecule has 0 unspecified atom stereocenters.